The number of hydrogen-bond donors (Lipinski definition) is 3. The second kappa shape index (κ2) is 10.0. The molecule has 8 rings (SSSR count). The van der Waals surface area contributed by atoms with E-state index in [1.54, 1.807) is 26.8 Å². The predicted octanol–water partition coefficient (Wildman–Crippen LogP) is 2.19. The first-order chi connectivity index (χ1) is 23.4. The van der Waals surface area contributed by atoms with Gasteiger partial charge in [0.1, 0.15) is 24.9 Å². The number of methoxy groups -OCH3 is 1. The van der Waals surface area contributed by atoms with Gasteiger partial charge in [0.15, 0.2) is 11.4 Å². The topological polar surface area (TPSA) is 183 Å². The van der Waals surface area contributed by atoms with Crippen LogP contribution >= 0.6 is 0 Å². The number of fused-ring (bicyclic) bond motifs is 7. The highest BCUT2D eigenvalue weighted by atomic mass is 16.6. The summed E-state index contributed by atoms with van der Waals surface area (Å²) in [6, 6.07) is 0. The fourth-order valence-corrected chi connectivity index (χ4v) is 12.2. The van der Waals surface area contributed by atoms with Gasteiger partial charge in [-0.2, -0.15) is 0 Å². The number of aliphatic hydroxyl groups excluding tert-OH is 1. The summed E-state index contributed by atoms with van der Waals surface area (Å²) in [5.41, 5.74) is -5.46. The lowest BCUT2D eigenvalue weighted by Crippen LogP contribution is -2.67. The number of ketones is 1. The average Bonchev–Trinajstić information content (AvgIpc) is 3.99. The molecular formula is C38H44O12. The van der Waals surface area contributed by atoms with Crippen molar-refractivity contribution in [3.63, 3.8) is 0 Å². The molecule has 0 bridgehead atoms. The van der Waals surface area contributed by atoms with Gasteiger partial charge in [0.05, 0.1) is 18.3 Å². The Bertz CT molecular complexity index is 1850. The molecule has 12 heteroatoms. The molecule has 1 spiro atoms. The van der Waals surface area contributed by atoms with Gasteiger partial charge >= 0.3 is 23.9 Å². The van der Waals surface area contributed by atoms with Gasteiger partial charge in [-0.3, -0.25) is 9.59 Å². The van der Waals surface area contributed by atoms with E-state index in [4.69, 9.17) is 18.9 Å². The van der Waals surface area contributed by atoms with Crippen molar-refractivity contribution in [3.8, 4) is 0 Å². The number of Topliss-reactive ketones (excluding diaryl/α,β-unsaturated/α-hetero) is 1. The van der Waals surface area contributed by atoms with Gasteiger partial charge in [0.2, 0.25) is 0 Å². The van der Waals surface area contributed by atoms with E-state index in [0.717, 1.165) is 0 Å². The lowest BCUT2D eigenvalue weighted by molar-refractivity contribution is -0.186. The largest absolute Gasteiger partial charge is 0.466 e. The summed E-state index contributed by atoms with van der Waals surface area (Å²) in [7, 11) is 1.18. The third kappa shape index (κ3) is 3.65. The molecular weight excluding hydrogens is 648 g/mol. The highest BCUT2D eigenvalue weighted by Crippen LogP contribution is 2.84. The summed E-state index contributed by atoms with van der Waals surface area (Å²) in [5.74, 6) is -5.65. The van der Waals surface area contributed by atoms with Crippen molar-refractivity contribution in [3.05, 3.63) is 45.1 Å². The molecule has 0 aromatic rings. The fourth-order valence-electron chi connectivity index (χ4n) is 12.2. The van der Waals surface area contributed by atoms with Crippen LogP contribution in [0, 0.1) is 46.3 Å². The third-order valence-electron chi connectivity index (χ3n) is 14.6. The highest BCUT2D eigenvalue weighted by Gasteiger charge is 2.86. The molecule has 12 nitrogen and oxygen atoms in total. The number of allylic oxidation sites excluding steroid dienone is 1. The Morgan fingerprint density at radius 1 is 0.960 bits per heavy atom. The maximum absolute atomic E-state index is 14.5. The normalized spacial score (nSPS) is 46.9. The first kappa shape index (κ1) is 33.5. The molecule has 50 heavy (non-hydrogen) atoms. The molecule has 8 aliphatic rings. The Kier molecular flexibility index (Phi) is 6.73. The predicted molar refractivity (Wildman–Crippen MR) is 171 cm³/mol. The van der Waals surface area contributed by atoms with Crippen LogP contribution in [0.15, 0.2) is 45.1 Å². The van der Waals surface area contributed by atoms with Crippen LogP contribution in [0.3, 0.4) is 0 Å². The molecule has 0 amide bonds. The molecule has 12 atom stereocenters. The summed E-state index contributed by atoms with van der Waals surface area (Å²) < 4.78 is 22.8. The van der Waals surface area contributed by atoms with Crippen molar-refractivity contribution in [2.75, 3.05) is 20.3 Å². The van der Waals surface area contributed by atoms with E-state index in [1.807, 2.05) is 6.92 Å². The molecule has 0 radical (unpaired) electrons. The lowest BCUT2D eigenvalue weighted by Gasteiger charge is -2.63. The minimum Gasteiger partial charge on any atom is -0.466 e. The van der Waals surface area contributed by atoms with Crippen molar-refractivity contribution in [1.82, 2.24) is 0 Å². The zero-order chi connectivity index (χ0) is 36.2. The summed E-state index contributed by atoms with van der Waals surface area (Å²) in [5, 5.41) is 37.4. The number of carbonyl (C=O) groups excluding carboxylic acids is 5. The van der Waals surface area contributed by atoms with Crippen molar-refractivity contribution in [2.24, 2.45) is 46.3 Å². The van der Waals surface area contributed by atoms with Crippen molar-refractivity contribution >= 4 is 29.7 Å². The first-order valence-electron chi connectivity index (χ1n) is 17.5. The van der Waals surface area contributed by atoms with Gasteiger partial charge < -0.3 is 34.3 Å². The Hall–Kier alpha value is -3.61. The van der Waals surface area contributed by atoms with Crippen molar-refractivity contribution < 1.29 is 58.2 Å². The zero-order valence-corrected chi connectivity index (χ0v) is 29.4. The van der Waals surface area contributed by atoms with Crippen molar-refractivity contribution in [2.45, 2.75) is 90.1 Å². The molecule has 0 saturated heterocycles. The molecule has 0 aromatic heterocycles. The smallest absolute Gasteiger partial charge is 0.338 e. The summed E-state index contributed by atoms with van der Waals surface area (Å²) in [4.78, 5) is 66.8. The van der Waals surface area contributed by atoms with E-state index in [2.05, 4.69) is 0 Å². The minimum atomic E-state index is -1.69. The Labute approximate surface area is 289 Å². The highest BCUT2D eigenvalue weighted by molar-refractivity contribution is 6.12. The molecule has 1 heterocycles. The average molecular weight is 693 g/mol. The standard InChI is InChI=1S/C38H44O12/c1-8-15(2)31(42)49-14-37(46)23-9-20(23)34(5)24(37)11-19-18(13-48-17(4)39)33(44)50-38(19)25(34)12-36(45)22-10-21(22)35(6)29(36)27(38)26(28(40)30(35)41)16(3)32(43)47-7/h8,20-25,30,41,45-46H,9-14H2,1-7H3. The first-order valence-corrected chi connectivity index (χ1v) is 17.5. The van der Waals surface area contributed by atoms with E-state index in [1.165, 1.54) is 21.0 Å². The number of esters is 4. The molecule has 3 N–H and O–H groups in total. The van der Waals surface area contributed by atoms with E-state index < -0.39 is 81.8 Å². The molecule has 12 unspecified atom stereocenters. The summed E-state index contributed by atoms with van der Waals surface area (Å²) in [6.45, 7) is 9.09. The lowest BCUT2D eigenvalue weighted by atomic mass is 9.43. The van der Waals surface area contributed by atoms with Gasteiger partial charge in [0.25, 0.3) is 0 Å². The Balaban J connectivity index is 1.41. The van der Waals surface area contributed by atoms with Crippen LogP contribution in [0.4, 0.5) is 0 Å². The Morgan fingerprint density at radius 2 is 1.64 bits per heavy atom. The maximum atomic E-state index is 14.5. The van der Waals surface area contributed by atoms with Gasteiger partial charge in [-0.25, -0.2) is 14.4 Å². The van der Waals surface area contributed by atoms with Crippen molar-refractivity contribution in [1.29, 1.82) is 0 Å². The number of rotatable bonds is 6. The summed E-state index contributed by atoms with van der Waals surface area (Å²) >= 11 is 0. The third-order valence-corrected chi connectivity index (χ3v) is 14.6. The molecule has 5 saturated carbocycles. The van der Waals surface area contributed by atoms with Gasteiger partial charge in [-0.05, 0) is 86.7 Å². The van der Waals surface area contributed by atoms with Gasteiger partial charge in [-0.1, -0.05) is 19.9 Å². The van der Waals surface area contributed by atoms with Crippen LogP contribution in [0.2, 0.25) is 0 Å². The van der Waals surface area contributed by atoms with Gasteiger partial charge in [0, 0.05) is 46.5 Å². The van der Waals surface area contributed by atoms with E-state index in [0.29, 0.717) is 29.6 Å². The van der Waals surface area contributed by atoms with E-state index in [9.17, 15) is 39.3 Å². The van der Waals surface area contributed by atoms with Crippen LogP contribution in [0.5, 0.6) is 0 Å². The monoisotopic (exact) mass is 692 g/mol. The van der Waals surface area contributed by atoms with Crippen LogP contribution in [-0.4, -0.2) is 88.2 Å². The molecule has 268 valence electrons. The number of ether oxygens (including phenoxy) is 4. The quantitative estimate of drug-likeness (QED) is 0.210. The molecule has 0 aromatic carbocycles. The SMILES string of the molecule is CC=C(C)C(=O)OCC1(O)C2CC2C2(C)C3CC4(O)C5=C(C(=C(C)C(=O)OC)C(=O)C(O)C5(C)C5CC54)C34OC(=O)C(COC(C)=O)=C4CC12. The van der Waals surface area contributed by atoms with E-state index >= 15 is 0 Å². The second-order valence-corrected chi connectivity index (χ2v) is 16.4. The molecule has 1 aliphatic heterocycles. The molecule has 5 fully saturated rings. The zero-order valence-electron chi connectivity index (χ0n) is 29.4. The molecule has 7 aliphatic carbocycles. The maximum Gasteiger partial charge on any atom is 0.338 e. The number of hydrogen-bond acceptors (Lipinski definition) is 12. The number of aliphatic hydroxyl groups is 3. The second-order valence-electron chi connectivity index (χ2n) is 16.4. The minimum absolute atomic E-state index is 0.0639. The van der Waals surface area contributed by atoms with Gasteiger partial charge in [-0.15, -0.1) is 0 Å². The van der Waals surface area contributed by atoms with Crippen LogP contribution in [0.25, 0.3) is 0 Å². The number of carbonyl (C=O) groups is 5. The fraction of sp³-hybridized carbons (Fsp3) is 0.658. The Morgan fingerprint density at radius 3 is 2.28 bits per heavy atom. The van der Waals surface area contributed by atoms with Crippen LogP contribution < -0.4 is 0 Å². The van der Waals surface area contributed by atoms with Crippen LogP contribution in [0.1, 0.15) is 67.2 Å². The van der Waals surface area contributed by atoms with E-state index in [-0.39, 0.29) is 65.4 Å². The summed E-state index contributed by atoms with van der Waals surface area (Å²) in [6.07, 6.45) is 1.43. The van der Waals surface area contributed by atoms with Crippen LogP contribution in [-0.2, 0) is 42.9 Å².